The van der Waals surface area contributed by atoms with Gasteiger partial charge < -0.3 is 10.2 Å². The number of hydrogen-bond donors (Lipinski definition) is 1. The highest BCUT2D eigenvalue weighted by Gasteiger charge is 2.27. The van der Waals surface area contributed by atoms with Gasteiger partial charge in [-0.05, 0) is 39.4 Å². The number of hydrogen-bond acceptors (Lipinski definition) is 4. The molecule has 0 amide bonds. The van der Waals surface area contributed by atoms with Gasteiger partial charge in [0.05, 0.1) is 0 Å². The molecule has 3 nitrogen and oxygen atoms in total. The van der Waals surface area contributed by atoms with E-state index < -0.39 is 0 Å². The van der Waals surface area contributed by atoms with Gasteiger partial charge in [-0.25, -0.2) is 4.98 Å². The molecule has 0 bridgehead atoms. The van der Waals surface area contributed by atoms with Gasteiger partial charge in [0.1, 0.15) is 5.82 Å². The Morgan fingerprint density at radius 2 is 2.22 bits per heavy atom. The van der Waals surface area contributed by atoms with Crippen molar-refractivity contribution in [2.24, 2.45) is 0 Å². The van der Waals surface area contributed by atoms with E-state index in [-0.39, 0.29) is 0 Å². The number of nitrogens with one attached hydrogen (secondary N) is 1. The highest BCUT2D eigenvalue weighted by molar-refractivity contribution is 8.00. The first-order valence-electron chi connectivity index (χ1n) is 6.52. The molecule has 1 aromatic heterocycles. The molecule has 1 N–H and O–H groups in total. The van der Waals surface area contributed by atoms with Crippen LogP contribution in [0.15, 0.2) is 12.1 Å². The van der Waals surface area contributed by atoms with Crippen LogP contribution in [0.2, 0.25) is 0 Å². The molecular formula is C14H23N3S. The quantitative estimate of drug-likeness (QED) is 0.908. The predicted octanol–water partition coefficient (Wildman–Crippen LogP) is 2.44. The second-order valence-electron chi connectivity index (χ2n) is 5.47. The van der Waals surface area contributed by atoms with Crippen molar-refractivity contribution in [3.8, 4) is 0 Å². The van der Waals surface area contributed by atoms with Crippen molar-refractivity contribution in [2.45, 2.75) is 32.1 Å². The van der Waals surface area contributed by atoms with E-state index in [1.54, 1.807) is 0 Å². The minimum Gasteiger partial charge on any atom is -0.354 e. The average Bonchev–Trinajstić information content (AvgIpc) is 2.30. The van der Waals surface area contributed by atoms with Gasteiger partial charge in [0.15, 0.2) is 0 Å². The van der Waals surface area contributed by atoms with Crippen LogP contribution in [0.1, 0.15) is 25.1 Å². The molecule has 18 heavy (non-hydrogen) atoms. The maximum absolute atomic E-state index is 4.76. The first kappa shape index (κ1) is 13.7. The lowest BCUT2D eigenvalue weighted by atomic mass is 10.1. The van der Waals surface area contributed by atoms with Gasteiger partial charge in [0.2, 0.25) is 0 Å². The second-order valence-corrected chi connectivity index (χ2v) is 7.28. The molecule has 4 heteroatoms. The van der Waals surface area contributed by atoms with Gasteiger partial charge >= 0.3 is 0 Å². The van der Waals surface area contributed by atoms with Crippen molar-refractivity contribution in [1.82, 2.24) is 10.3 Å². The van der Waals surface area contributed by atoms with Crippen molar-refractivity contribution < 1.29 is 0 Å². The lowest BCUT2D eigenvalue weighted by Gasteiger charge is -2.38. The molecule has 2 rings (SSSR count). The Morgan fingerprint density at radius 3 is 2.83 bits per heavy atom. The Morgan fingerprint density at radius 1 is 1.44 bits per heavy atom. The lowest BCUT2D eigenvalue weighted by molar-refractivity contribution is 0.641. The number of aryl methyl sites for hydroxylation is 1. The number of rotatable bonds is 3. The van der Waals surface area contributed by atoms with Crippen LogP contribution in [0.25, 0.3) is 0 Å². The Balaban J connectivity index is 2.16. The Labute approximate surface area is 114 Å². The third-order valence-electron chi connectivity index (χ3n) is 3.30. The maximum atomic E-state index is 4.76. The van der Waals surface area contributed by atoms with E-state index in [0.29, 0.717) is 4.75 Å². The van der Waals surface area contributed by atoms with Crippen LogP contribution < -0.4 is 10.2 Å². The zero-order valence-corrected chi connectivity index (χ0v) is 12.6. The lowest BCUT2D eigenvalue weighted by Crippen LogP contribution is -2.43. The van der Waals surface area contributed by atoms with Crippen LogP contribution in [0.4, 0.5) is 5.82 Å². The molecule has 2 heterocycles. The van der Waals surface area contributed by atoms with Crippen LogP contribution in [-0.4, -0.2) is 35.6 Å². The third kappa shape index (κ3) is 3.18. The molecule has 1 fully saturated rings. The molecule has 0 saturated carbocycles. The van der Waals surface area contributed by atoms with Crippen molar-refractivity contribution in [3.63, 3.8) is 0 Å². The highest BCUT2D eigenvalue weighted by Crippen LogP contribution is 2.31. The molecule has 0 spiro atoms. The molecule has 1 saturated heterocycles. The summed E-state index contributed by atoms with van der Waals surface area (Å²) >= 11 is 2.05. The van der Waals surface area contributed by atoms with Gasteiger partial charge in [-0.1, -0.05) is 6.07 Å². The number of aromatic nitrogens is 1. The van der Waals surface area contributed by atoms with E-state index in [0.717, 1.165) is 31.1 Å². The van der Waals surface area contributed by atoms with Crippen LogP contribution in [0.5, 0.6) is 0 Å². The van der Waals surface area contributed by atoms with Gasteiger partial charge in [0.25, 0.3) is 0 Å². The Bertz CT molecular complexity index is 418. The molecule has 0 atom stereocenters. The molecule has 1 aliphatic rings. The minimum absolute atomic E-state index is 0.331. The standard InChI is InChI=1S/C14H23N3S/c1-11-12(9-15-4)5-6-13(16-11)17-7-8-18-14(2,3)10-17/h5-6,15H,7-10H2,1-4H3. The van der Waals surface area contributed by atoms with Crippen LogP contribution in [-0.2, 0) is 6.54 Å². The maximum Gasteiger partial charge on any atom is 0.128 e. The third-order valence-corrected chi connectivity index (χ3v) is 4.59. The molecule has 100 valence electrons. The average molecular weight is 265 g/mol. The van der Waals surface area contributed by atoms with E-state index in [1.807, 2.05) is 7.05 Å². The monoisotopic (exact) mass is 265 g/mol. The largest absolute Gasteiger partial charge is 0.354 e. The summed E-state index contributed by atoms with van der Waals surface area (Å²) in [5, 5.41) is 3.18. The van der Waals surface area contributed by atoms with Crippen molar-refractivity contribution in [1.29, 1.82) is 0 Å². The molecule has 0 aromatic carbocycles. The van der Waals surface area contributed by atoms with E-state index in [1.165, 1.54) is 11.3 Å². The minimum atomic E-state index is 0.331. The summed E-state index contributed by atoms with van der Waals surface area (Å²) in [5.41, 5.74) is 2.42. The summed E-state index contributed by atoms with van der Waals surface area (Å²) in [6.45, 7) is 9.79. The fourth-order valence-electron chi connectivity index (χ4n) is 2.34. The van der Waals surface area contributed by atoms with Gasteiger partial charge in [-0.15, -0.1) is 0 Å². The van der Waals surface area contributed by atoms with Gasteiger partial charge in [-0.2, -0.15) is 11.8 Å². The normalized spacial score (nSPS) is 19.0. The zero-order valence-electron chi connectivity index (χ0n) is 11.8. The fraction of sp³-hybridized carbons (Fsp3) is 0.643. The first-order chi connectivity index (χ1) is 8.52. The highest BCUT2D eigenvalue weighted by atomic mass is 32.2. The summed E-state index contributed by atoms with van der Waals surface area (Å²) in [7, 11) is 1.97. The number of pyridine rings is 1. The van der Waals surface area contributed by atoms with Crippen molar-refractivity contribution in [2.75, 3.05) is 30.8 Å². The molecule has 1 aromatic rings. The summed E-state index contributed by atoms with van der Waals surface area (Å²) in [6.07, 6.45) is 0. The smallest absolute Gasteiger partial charge is 0.128 e. The summed E-state index contributed by atoms with van der Waals surface area (Å²) in [5.74, 6) is 2.31. The van der Waals surface area contributed by atoms with E-state index in [2.05, 4.69) is 54.9 Å². The van der Waals surface area contributed by atoms with Crippen LogP contribution in [0.3, 0.4) is 0 Å². The first-order valence-corrected chi connectivity index (χ1v) is 7.50. The summed E-state index contributed by atoms with van der Waals surface area (Å²) in [6, 6.07) is 4.36. The summed E-state index contributed by atoms with van der Waals surface area (Å²) < 4.78 is 0.331. The number of thioether (sulfide) groups is 1. The predicted molar refractivity (Wildman–Crippen MR) is 80.5 cm³/mol. The van der Waals surface area contributed by atoms with Crippen LogP contribution in [0, 0.1) is 6.92 Å². The van der Waals surface area contributed by atoms with Crippen molar-refractivity contribution in [3.05, 3.63) is 23.4 Å². The molecule has 1 aliphatic heterocycles. The van der Waals surface area contributed by atoms with Gasteiger partial charge in [-0.3, -0.25) is 0 Å². The van der Waals surface area contributed by atoms with E-state index >= 15 is 0 Å². The molecule has 0 aliphatic carbocycles. The van der Waals surface area contributed by atoms with Crippen molar-refractivity contribution >= 4 is 17.6 Å². The topological polar surface area (TPSA) is 28.2 Å². The Hall–Kier alpha value is -0.740. The molecular weight excluding hydrogens is 242 g/mol. The number of anilines is 1. The van der Waals surface area contributed by atoms with Crippen LogP contribution >= 0.6 is 11.8 Å². The van der Waals surface area contributed by atoms with E-state index in [9.17, 15) is 0 Å². The second kappa shape index (κ2) is 5.49. The Kier molecular flexibility index (Phi) is 4.17. The van der Waals surface area contributed by atoms with E-state index in [4.69, 9.17) is 4.98 Å². The molecule has 0 radical (unpaired) electrons. The fourth-order valence-corrected chi connectivity index (χ4v) is 3.45. The number of nitrogens with zero attached hydrogens (tertiary/aromatic N) is 2. The molecule has 0 unspecified atom stereocenters. The zero-order chi connectivity index (χ0) is 13.2. The van der Waals surface area contributed by atoms with Gasteiger partial charge in [0, 0.05) is 35.8 Å². The summed E-state index contributed by atoms with van der Waals surface area (Å²) in [4.78, 5) is 7.17. The SMILES string of the molecule is CNCc1ccc(N2CCSC(C)(C)C2)nc1C.